The maximum Gasteiger partial charge on any atom is 0.266 e. The van der Waals surface area contributed by atoms with E-state index in [9.17, 15) is 24.3 Å². The second kappa shape index (κ2) is 6.58. The monoisotopic (exact) mass is 290 g/mol. The lowest BCUT2D eigenvalue weighted by molar-refractivity contribution is -0.122. The van der Waals surface area contributed by atoms with Crippen LogP contribution < -0.4 is 10.4 Å². The van der Waals surface area contributed by atoms with Crippen molar-refractivity contribution in [3.8, 4) is 0 Å². The Morgan fingerprint density at radius 1 is 1.53 bits per heavy atom. The number of H-pyrrole nitrogens is 1. The van der Waals surface area contributed by atoms with Crippen LogP contribution in [0.15, 0.2) is 12.5 Å². The number of aromatic amines is 1. The van der Waals surface area contributed by atoms with Gasteiger partial charge in [0.15, 0.2) is 5.82 Å². The number of hydroxylamine groups is 1. The highest BCUT2D eigenvalue weighted by atomic mass is 31.2. The average Bonchev–Trinajstić information content (AvgIpc) is 2.91. The van der Waals surface area contributed by atoms with E-state index >= 15 is 0 Å². The van der Waals surface area contributed by atoms with Crippen LogP contribution in [0.2, 0.25) is 0 Å². The van der Waals surface area contributed by atoms with Gasteiger partial charge in [-0.3, -0.25) is 19.4 Å². The maximum atomic E-state index is 11.5. The number of nitrogens with one attached hydrogen (secondary N) is 2. The first kappa shape index (κ1) is 15.5. The zero-order valence-electron chi connectivity index (χ0n) is 10.2. The van der Waals surface area contributed by atoms with Gasteiger partial charge in [-0.15, -0.1) is 0 Å². The summed E-state index contributed by atoms with van der Waals surface area (Å²) in [5.74, 6) is -0.652. The second-order valence-corrected chi connectivity index (χ2v) is 6.19. The third kappa shape index (κ3) is 4.25. The molecule has 0 saturated heterocycles. The van der Waals surface area contributed by atoms with Gasteiger partial charge in [0.25, 0.3) is 13.3 Å². The molecule has 106 valence electrons. The Balaban J connectivity index is 2.40. The molecule has 0 aromatic carbocycles. The minimum absolute atomic E-state index is 0.0829. The highest BCUT2D eigenvalue weighted by molar-refractivity contribution is 7.75. The smallest absolute Gasteiger partial charge is 0.266 e. The molecule has 10 heteroatoms. The van der Waals surface area contributed by atoms with Crippen molar-refractivity contribution in [3.63, 3.8) is 0 Å². The molecule has 0 spiro atoms. The molecule has 1 atom stereocenters. The van der Waals surface area contributed by atoms with E-state index in [0.717, 1.165) is 0 Å². The van der Waals surface area contributed by atoms with Crippen LogP contribution in [0.25, 0.3) is 0 Å². The Bertz CT molecular complexity index is 489. The molecule has 9 nitrogen and oxygen atoms in total. The summed E-state index contributed by atoms with van der Waals surface area (Å²) < 4.78 is 11.3. The second-order valence-electron chi connectivity index (χ2n) is 3.66. The molecule has 1 heterocycles. The minimum Gasteiger partial charge on any atom is -0.339 e. The topological polar surface area (TPSA) is 136 Å². The molecule has 4 N–H and O–H groups in total. The first-order valence-corrected chi connectivity index (χ1v) is 7.29. The van der Waals surface area contributed by atoms with Crippen LogP contribution in [0.1, 0.15) is 6.92 Å². The highest BCUT2D eigenvalue weighted by Gasteiger charge is 2.25. The molecule has 1 amide bonds. The number of carbonyl (C=O) groups excluding carboxylic acids is 2. The molecule has 0 saturated carbocycles. The standard InChI is InChI=1S/C9H15N4O5P/c1-2-19(17,18)9(15)5-10-4-8(14)13(16)7-3-11-6-12-7/h3,6,10,16H,2,4-5H2,1H3,(H,11,12)(H,17,18). The molecule has 0 radical (unpaired) electrons. The summed E-state index contributed by atoms with van der Waals surface area (Å²) >= 11 is 0. The number of anilines is 1. The fourth-order valence-electron chi connectivity index (χ4n) is 1.15. The largest absolute Gasteiger partial charge is 0.339 e. The van der Waals surface area contributed by atoms with Gasteiger partial charge in [-0.25, -0.2) is 4.98 Å². The van der Waals surface area contributed by atoms with Crippen molar-refractivity contribution in [2.75, 3.05) is 24.3 Å². The third-order valence-corrected chi connectivity index (χ3v) is 4.11. The zero-order chi connectivity index (χ0) is 14.5. The number of imidazole rings is 1. The maximum absolute atomic E-state index is 11.5. The van der Waals surface area contributed by atoms with Crippen LogP contribution in [0.5, 0.6) is 0 Å². The lowest BCUT2D eigenvalue weighted by Crippen LogP contribution is -2.38. The molecule has 1 aromatic heterocycles. The van der Waals surface area contributed by atoms with E-state index in [1.807, 2.05) is 0 Å². The molecule has 0 aliphatic rings. The summed E-state index contributed by atoms with van der Waals surface area (Å²) in [6.07, 6.45) is 2.37. The van der Waals surface area contributed by atoms with E-state index in [-0.39, 0.29) is 18.5 Å². The van der Waals surface area contributed by atoms with Crippen LogP contribution in [0, 0.1) is 0 Å². The van der Waals surface area contributed by atoms with Crippen molar-refractivity contribution in [1.82, 2.24) is 15.3 Å². The third-order valence-electron chi connectivity index (χ3n) is 2.32. The first-order valence-electron chi connectivity index (χ1n) is 5.44. The van der Waals surface area contributed by atoms with E-state index < -0.39 is 25.3 Å². The Hall–Kier alpha value is -1.54. The normalized spacial score (nSPS) is 13.8. The summed E-state index contributed by atoms with van der Waals surface area (Å²) in [4.78, 5) is 38.1. The van der Waals surface area contributed by atoms with Gasteiger partial charge in [0.1, 0.15) is 0 Å². The van der Waals surface area contributed by atoms with Crippen molar-refractivity contribution in [2.24, 2.45) is 0 Å². The summed E-state index contributed by atoms with van der Waals surface area (Å²) in [6.45, 7) is 0.659. The molecule has 1 unspecified atom stereocenters. The van der Waals surface area contributed by atoms with E-state index in [2.05, 4.69) is 15.3 Å². The van der Waals surface area contributed by atoms with Crippen molar-refractivity contribution in [1.29, 1.82) is 0 Å². The molecule has 0 aliphatic heterocycles. The number of aromatic nitrogens is 2. The van der Waals surface area contributed by atoms with Gasteiger partial charge >= 0.3 is 0 Å². The van der Waals surface area contributed by atoms with Gasteiger partial charge in [-0.05, 0) is 0 Å². The molecule has 0 bridgehead atoms. The summed E-state index contributed by atoms with van der Waals surface area (Å²) in [7, 11) is -3.80. The van der Waals surface area contributed by atoms with Gasteiger partial charge < -0.3 is 15.2 Å². The molecule has 0 aliphatic carbocycles. The van der Waals surface area contributed by atoms with Crippen molar-refractivity contribution < 1.29 is 24.3 Å². The van der Waals surface area contributed by atoms with Gasteiger partial charge in [0, 0.05) is 6.16 Å². The molecule has 19 heavy (non-hydrogen) atoms. The van der Waals surface area contributed by atoms with Gasteiger partial charge in [-0.2, -0.15) is 5.06 Å². The Labute approximate surface area is 109 Å². The quantitative estimate of drug-likeness (QED) is 0.303. The molecule has 1 rings (SSSR count). The summed E-state index contributed by atoms with van der Waals surface area (Å²) in [5.41, 5.74) is -0.853. The fraction of sp³-hybridized carbons (Fsp3) is 0.444. The molecule has 0 fully saturated rings. The SMILES string of the molecule is CCP(=O)(O)C(=O)CNCC(=O)N(O)c1cnc[nH]1. The Morgan fingerprint density at radius 2 is 2.21 bits per heavy atom. The predicted molar refractivity (Wildman–Crippen MR) is 66.1 cm³/mol. The number of carbonyl (C=O) groups is 2. The minimum atomic E-state index is -3.80. The Morgan fingerprint density at radius 3 is 2.74 bits per heavy atom. The predicted octanol–water partition coefficient (Wildman–Crippen LogP) is -0.462. The summed E-state index contributed by atoms with van der Waals surface area (Å²) in [6, 6.07) is 0. The fourth-order valence-corrected chi connectivity index (χ4v) is 1.86. The lowest BCUT2D eigenvalue weighted by Gasteiger charge is -2.13. The van der Waals surface area contributed by atoms with Crippen LogP contribution in [-0.4, -0.2) is 50.8 Å². The number of rotatable bonds is 7. The molecular weight excluding hydrogens is 275 g/mol. The lowest BCUT2D eigenvalue weighted by atomic mass is 10.5. The molecule has 1 aromatic rings. The van der Waals surface area contributed by atoms with Crippen molar-refractivity contribution in [3.05, 3.63) is 12.5 Å². The number of hydrogen-bond donors (Lipinski definition) is 4. The van der Waals surface area contributed by atoms with E-state index in [0.29, 0.717) is 5.06 Å². The molecular formula is C9H15N4O5P. The zero-order valence-corrected chi connectivity index (χ0v) is 11.1. The van der Waals surface area contributed by atoms with Crippen LogP contribution in [-0.2, 0) is 14.2 Å². The van der Waals surface area contributed by atoms with E-state index in [1.54, 1.807) is 0 Å². The highest BCUT2D eigenvalue weighted by Crippen LogP contribution is 2.40. The van der Waals surface area contributed by atoms with Gasteiger partial charge in [0.05, 0.1) is 25.6 Å². The average molecular weight is 290 g/mol. The van der Waals surface area contributed by atoms with E-state index in [4.69, 9.17) is 0 Å². The Kier molecular flexibility index (Phi) is 5.37. The van der Waals surface area contributed by atoms with Crippen LogP contribution in [0.3, 0.4) is 0 Å². The van der Waals surface area contributed by atoms with Crippen molar-refractivity contribution >= 4 is 24.6 Å². The number of hydrogen-bond acceptors (Lipinski definition) is 6. The van der Waals surface area contributed by atoms with Gasteiger partial charge in [0.2, 0.25) is 5.52 Å². The van der Waals surface area contributed by atoms with Crippen LogP contribution >= 0.6 is 7.37 Å². The van der Waals surface area contributed by atoms with Crippen LogP contribution in [0.4, 0.5) is 5.82 Å². The number of nitrogens with zero attached hydrogens (tertiary/aromatic N) is 2. The summed E-state index contributed by atoms with van der Waals surface area (Å²) in [5, 5.41) is 12.2. The van der Waals surface area contributed by atoms with Crippen molar-refractivity contribution in [2.45, 2.75) is 6.92 Å². The number of amides is 1. The first-order chi connectivity index (χ1) is 8.88. The van der Waals surface area contributed by atoms with E-state index in [1.165, 1.54) is 19.4 Å². The van der Waals surface area contributed by atoms with Gasteiger partial charge in [-0.1, -0.05) is 6.92 Å².